The molecule has 0 saturated carbocycles. The standard InChI is InChI=1S/C17H17N3O/c1-2-20(17(21)15-10-13(18)11-19-15)16-9-5-7-12-6-3-4-8-14(12)16/h3-11,19H,2,18H2,1H3. The Kier molecular flexibility index (Phi) is 3.36. The number of H-pyrrole nitrogens is 1. The second-order valence-corrected chi connectivity index (χ2v) is 4.89. The zero-order valence-electron chi connectivity index (χ0n) is 11.8. The first-order valence-corrected chi connectivity index (χ1v) is 6.94. The minimum absolute atomic E-state index is 0.0782. The molecule has 0 unspecified atom stereocenters. The largest absolute Gasteiger partial charge is 0.397 e. The van der Waals surface area contributed by atoms with Crippen molar-refractivity contribution in [3.05, 3.63) is 60.4 Å². The normalized spacial score (nSPS) is 10.7. The maximum Gasteiger partial charge on any atom is 0.274 e. The lowest BCUT2D eigenvalue weighted by Crippen LogP contribution is -2.31. The molecule has 0 bridgehead atoms. The molecule has 0 aliphatic heterocycles. The van der Waals surface area contributed by atoms with Crippen molar-refractivity contribution in [3.8, 4) is 0 Å². The minimum atomic E-state index is -0.0782. The van der Waals surface area contributed by atoms with E-state index in [1.54, 1.807) is 17.2 Å². The molecule has 0 atom stereocenters. The summed E-state index contributed by atoms with van der Waals surface area (Å²) in [4.78, 5) is 17.4. The molecule has 0 fully saturated rings. The van der Waals surface area contributed by atoms with Crippen LogP contribution >= 0.6 is 0 Å². The van der Waals surface area contributed by atoms with E-state index in [4.69, 9.17) is 5.73 Å². The smallest absolute Gasteiger partial charge is 0.274 e. The van der Waals surface area contributed by atoms with Crippen LogP contribution in [0.3, 0.4) is 0 Å². The first kappa shape index (κ1) is 13.2. The number of aromatic nitrogens is 1. The highest BCUT2D eigenvalue weighted by molar-refractivity contribution is 6.10. The average Bonchev–Trinajstić information content (AvgIpc) is 2.95. The fraction of sp³-hybridized carbons (Fsp3) is 0.118. The van der Waals surface area contributed by atoms with Crippen LogP contribution in [0.15, 0.2) is 54.7 Å². The number of nitrogens with one attached hydrogen (secondary N) is 1. The number of aromatic amines is 1. The van der Waals surface area contributed by atoms with Gasteiger partial charge in [0.1, 0.15) is 5.69 Å². The highest BCUT2D eigenvalue weighted by Crippen LogP contribution is 2.27. The molecule has 21 heavy (non-hydrogen) atoms. The molecule has 3 aromatic rings. The van der Waals surface area contributed by atoms with Gasteiger partial charge in [-0.3, -0.25) is 4.79 Å². The summed E-state index contributed by atoms with van der Waals surface area (Å²) in [5.41, 5.74) is 7.66. The van der Waals surface area contributed by atoms with Crippen molar-refractivity contribution in [2.45, 2.75) is 6.92 Å². The number of anilines is 2. The number of fused-ring (bicyclic) bond motifs is 1. The van der Waals surface area contributed by atoms with E-state index < -0.39 is 0 Å². The minimum Gasteiger partial charge on any atom is -0.397 e. The fourth-order valence-electron chi connectivity index (χ4n) is 2.55. The van der Waals surface area contributed by atoms with E-state index in [1.165, 1.54) is 0 Å². The molecule has 0 radical (unpaired) electrons. The molecule has 0 saturated heterocycles. The molecule has 4 heteroatoms. The third-order valence-corrected chi connectivity index (χ3v) is 3.55. The van der Waals surface area contributed by atoms with Gasteiger partial charge in [0.2, 0.25) is 0 Å². The predicted octanol–water partition coefficient (Wildman–Crippen LogP) is 3.42. The first-order valence-electron chi connectivity index (χ1n) is 6.94. The van der Waals surface area contributed by atoms with Crippen molar-refractivity contribution in [2.24, 2.45) is 0 Å². The number of carbonyl (C=O) groups is 1. The van der Waals surface area contributed by atoms with Crippen molar-refractivity contribution in [1.29, 1.82) is 0 Å². The number of nitrogens with two attached hydrogens (primary N) is 1. The van der Waals surface area contributed by atoms with Gasteiger partial charge in [-0.25, -0.2) is 0 Å². The monoisotopic (exact) mass is 279 g/mol. The van der Waals surface area contributed by atoms with Crippen molar-refractivity contribution in [3.63, 3.8) is 0 Å². The second kappa shape index (κ2) is 5.32. The lowest BCUT2D eigenvalue weighted by atomic mass is 10.1. The van der Waals surface area contributed by atoms with Gasteiger partial charge in [-0.1, -0.05) is 36.4 Å². The number of nitrogens with zero attached hydrogens (tertiary/aromatic N) is 1. The van der Waals surface area contributed by atoms with E-state index in [1.807, 2.05) is 49.4 Å². The Balaban J connectivity index is 2.08. The number of hydrogen-bond donors (Lipinski definition) is 2. The number of nitrogen functional groups attached to an aromatic ring is 1. The van der Waals surface area contributed by atoms with Crippen LogP contribution in [0.25, 0.3) is 10.8 Å². The summed E-state index contributed by atoms with van der Waals surface area (Å²) < 4.78 is 0. The second-order valence-electron chi connectivity index (χ2n) is 4.89. The SMILES string of the molecule is CCN(C(=O)c1cc(N)c[nH]1)c1cccc2ccccc12. The van der Waals surface area contributed by atoms with E-state index in [2.05, 4.69) is 4.98 Å². The molecule has 3 rings (SSSR count). The maximum absolute atomic E-state index is 12.7. The molecule has 2 aromatic carbocycles. The summed E-state index contributed by atoms with van der Waals surface area (Å²) in [6.07, 6.45) is 1.63. The van der Waals surface area contributed by atoms with Gasteiger partial charge in [0.05, 0.1) is 5.69 Å². The van der Waals surface area contributed by atoms with Crippen molar-refractivity contribution in [1.82, 2.24) is 4.98 Å². The van der Waals surface area contributed by atoms with Gasteiger partial charge in [-0.15, -0.1) is 0 Å². The molecule has 0 aliphatic carbocycles. The van der Waals surface area contributed by atoms with Crippen molar-refractivity contribution in [2.75, 3.05) is 17.2 Å². The zero-order valence-corrected chi connectivity index (χ0v) is 11.8. The summed E-state index contributed by atoms with van der Waals surface area (Å²) in [5, 5.41) is 2.18. The summed E-state index contributed by atoms with van der Waals surface area (Å²) >= 11 is 0. The number of rotatable bonds is 3. The van der Waals surface area contributed by atoms with Gasteiger partial charge >= 0.3 is 0 Å². The number of amides is 1. The van der Waals surface area contributed by atoms with E-state index in [0.717, 1.165) is 16.5 Å². The van der Waals surface area contributed by atoms with Gasteiger partial charge in [-0.2, -0.15) is 0 Å². The number of hydrogen-bond acceptors (Lipinski definition) is 2. The van der Waals surface area contributed by atoms with Gasteiger partial charge in [0, 0.05) is 23.8 Å². The van der Waals surface area contributed by atoms with Crippen LogP contribution < -0.4 is 10.6 Å². The fourth-order valence-corrected chi connectivity index (χ4v) is 2.55. The molecule has 106 valence electrons. The van der Waals surface area contributed by atoms with E-state index in [0.29, 0.717) is 17.9 Å². The summed E-state index contributed by atoms with van der Waals surface area (Å²) in [5.74, 6) is -0.0782. The topological polar surface area (TPSA) is 62.1 Å². The van der Waals surface area contributed by atoms with Crippen LogP contribution in [0.1, 0.15) is 17.4 Å². The van der Waals surface area contributed by atoms with Gasteiger partial charge < -0.3 is 15.6 Å². The first-order chi connectivity index (χ1) is 10.2. The van der Waals surface area contributed by atoms with Crippen LogP contribution in [0.4, 0.5) is 11.4 Å². The van der Waals surface area contributed by atoms with Gasteiger partial charge in [0.15, 0.2) is 0 Å². The third kappa shape index (κ3) is 2.36. The predicted molar refractivity (Wildman–Crippen MR) is 86.5 cm³/mol. The quantitative estimate of drug-likeness (QED) is 0.771. The number of benzene rings is 2. The Bertz CT molecular complexity index is 786. The Hall–Kier alpha value is -2.75. The molecular weight excluding hydrogens is 262 g/mol. The molecular formula is C17H17N3O. The third-order valence-electron chi connectivity index (χ3n) is 3.55. The van der Waals surface area contributed by atoms with Crippen LogP contribution in [0.2, 0.25) is 0 Å². The Labute approximate surface area is 123 Å². The molecule has 1 heterocycles. The van der Waals surface area contributed by atoms with E-state index in [-0.39, 0.29) is 5.91 Å². The molecule has 0 spiro atoms. The van der Waals surface area contributed by atoms with Crippen LogP contribution in [0.5, 0.6) is 0 Å². The Morgan fingerprint density at radius 1 is 1.19 bits per heavy atom. The lowest BCUT2D eigenvalue weighted by molar-refractivity contribution is 0.0984. The highest BCUT2D eigenvalue weighted by atomic mass is 16.2. The van der Waals surface area contributed by atoms with Crippen LogP contribution in [-0.4, -0.2) is 17.4 Å². The van der Waals surface area contributed by atoms with Crippen molar-refractivity contribution >= 4 is 28.1 Å². The van der Waals surface area contributed by atoms with E-state index >= 15 is 0 Å². The van der Waals surface area contributed by atoms with Gasteiger partial charge in [0.25, 0.3) is 5.91 Å². The molecule has 3 N–H and O–H groups in total. The Morgan fingerprint density at radius 2 is 1.95 bits per heavy atom. The maximum atomic E-state index is 12.7. The highest BCUT2D eigenvalue weighted by Gasteiger charge is 2.19. The summed E-state index contributed by atoms with van der Waals surface area (Å²) in [7, 11) is 0. The average molecular weight is 279 g/mol. The lowest BCUT2D eigenvalue weighted by Gasteiger charge is -2.22. The van der Waals surface area contributed by atoms with Gasteiger partial charge in [-0.05, 0) is 24.4 Å². The van der Waals surface area contributed by atoms with E-state index in [9.17, 15) is 4.79 Å². The van der Waals surface area contributed by atoms with Crippen molar-refractivity contribution < 1.29 is 4.79 Å². The summed E-state index contributed by atoms with van der Waals surface area (Å²) in [6, 6.07) is 15.7. The Morgan fingerprint density at radius 3 is 2.67 bits per heavy atom. The molecule has 0 aliphatic rings. The van der Waals surface area contributed by atoms with Crippen LogP contribution in [0, 0.1) is 0 Å². The molecule has 1 aromatic heterocycles. The number of carbonyl (C=O) groups excluding carboxylic acids is 1. The summed E-state index contributed by atoms with van der Waals surface area (Å²) in [6.45, 7) is 2.55. The molecule has 4 nitrogen and oxygen atoms in total. The molecule has 1 amide bonds. The zero-order chi connectivity index (χ0) is 14.8. The van der Waals surface area contributed by atoms with Crippen LogP contribution in [-0.2, 0) is 0 Å².